The molecular weight excluding hydrogens is 298 g/mol. The van der Waals surface area contributed by atoms with Gasteiger partial charge in [0.2, 0.25) is 0 Å². The number of thiophene rings is 1. The highest BCUT2D eigenvalue weighted by Gasteiger charge is 2.19. The van der Waals surface area contributed by atoms with Crippen LogP contribution in [-0.4, -0.2) is 23.0 Å². The van der Waals surface area contributed by atoms with Crippen molar-refractivity contribution in [3.8, 4) is 0 Å². The van der Waals surface area contributed by atoms with E-state index in [2.05, 4.69) is 15.3 Å². The Kier molecular flexibility index (Phi) is 3.77. The van der Waals surface area contributed by atoms with Crippen LogP contribution in [0.15, 0.2) is 30.6 Å². The Morgan fingerprint density at radius 1 is 1.27 bits per heavy atom. The Hall–Kier alpha value is -2.47. The summed E-state index contributed by atoms with van der Waals surface area (Å²) in [6, 6.07) is 8.03. The predicted octanol–water partition coefficient (Wildman–Crippen LogP) is 3.84. The van der Waals surface area contributed by atoms with Gasteiger partial charge in [-0.2, -0.15) is 0 Å². The maximum Gasteiger partial charge on any atom is 0.348 e. The summed E-state index contributed by atoms with van der Waals surface area (Å²) in [7, 11) is 1.38. The molecule has 0 bridgehead atoms. The van der Waals surface area contributed by atoms with Crippen molar-refractivity contribution < 1.29 is 9.53 Å². The number of aryl methyl sites for hydroxylation is 2. The SMILES string of the molecule is COC(=O)c1sc2ncnc(Nc3cccc(C)c3)c2c1C. The lowest BCUT2D eigenvalue weighted by molar-refractivity contribution is 0.0605. The van der Waals surface area contributed by atoms with E-state index in [1.165, 1.54) is 24.8 Å². The molecule has 2 heterocycles. The molecule has 0 saturated carbocycles. The Labute approximate surface area is 132 Å². The van der Waals surface area contributed by atoms with Crippen LogP contribution in [0, 0.1) is 13.8 Å². The van der Waals surface area contributed by atoms with Gasteiger partial charge in [-0.1, -0.05) is 12.1 Å². The van der Waals surface area contributed by atoms with Crippen molar-refractivity contribution in [2.45, 2.75) is 13.8 Å². The van der Waals surface area contributed by atoms with Crippen molar-refractivity contribution >= 4 is 39.0 Å². The van der Waals surface area contributed by atoms with Crippen molar-refractivity contribution in [1.29, 1.82) is 0 Å². The smallest absolute Gasteiger partial charge is 0.348 e. The lowest BCUT2D eigenvalue weighted by atomic mass is 10.2. The van der Waals surface area contributed by atoms with E-state index in [0.29, 0.717) is 10.7 Å². The van der Waals surface area contributed by atoms with Crippen LogP contribution in [-0.2, 0) is 4.74 Å². The summed E-state index contributed by atoms with van der Waals surface area (Å²) < 4.78 is 4.82. The van der Waals surface area contributed by atoms with Crippen LogP contribution in [0.5, 0.6) is 0 Å². The summed E-state index contributed by atoms with van der Waals surface area (Å²) >= 11 is 1.32. The molecule has 22 heavy (non-hydrogen) atoms. The number of esters is 1. The fourth-order valence-corrected chi connectivity index (χ4v) is 3.38. The molecule has 0 atom stereocenters. The number of carbonyl (C=O) groups excluding carboxylic acids is 1. The Balaban J connectivity index is 2.10. The average molecular weight is 313 g/mol. The molecule has 0 radical (unpaired) electrons. The minimum absolute atomic E-state index is 0.345. The van der Waals surface area contributed by atoms with Gasteiger partial charge in [0.05, 0.1) is 12.5 Å². The van der Waals surface area contributed by atoms with Gasteiger partial charge >= 0.3 is 5.97 Å². The number of ether oxygens (including phenoxy) is 1. The van der Waals surface area contributed by atoms with E-state index < -0.39 is 0 Å². The summed E-state index contributed by atoms with van der Waals surface area (Å²) in [6.45, 7) is 3.92. The minimum Gasteiger partial charge on any atom is -0.465 e. The number of carbonyl (C=O) groups is 1. The number of methoxy groups -OCH3 is 1. The second-order valence-corrected chi connectivity index (χ2v) is 5.94. The summed E-state index contributed by atoms with van der Waals surface area (Å²) in [4.78, 5) is 21.7. The minimum atomic E-state index is -0.345. The number of benzene rings is 1. The second kappa shape index (κ2) is 5.73. The molecule has 1 N–H and O–H groups in total. The summed E-state index contributed by atoms with van der Waals surface area (Å²) in [5.74, 6) is 0.349. The molecule has 2 aromatic heterocycles. The number of hydrogen-bond acceptors (Lipinski definition) is 6. The zero-order valence-electron chi connectivity index (χ0n) is 12.5. The monoisotopic (exact) mass is 313 g/mol. The second-order valence-electron chi connectivity index (χ2n) is 4.94. The maximum absolute atomic E-state index is 11.8. The van der Waals surface area contributed by atoms with E-state index in [9.17, 15) is 4.79 Å². The lowest BCUT2D eigenvalue weighted by Crippen LogP contribution is -2.00. The number of aromatic nitrogens is 2. The Morgan fingerprint density at radius 3 is 2.82 bits per heavy atom. The van der Waals surface area contributed by atoms with Crippen LogP contribution in [0.2, 0.25) is 0 Å². The van der Waals surface area contributed by atoms with Crippen LogP contribution in [0.3, 0.4) is 0 Å². The van der Waals surface area contributed by atoms with Gasteiger partial charge in [0.15, 0.2) is 0 Å². The van der Waals surface area contributed by atoms with E-state index in [0.717, 1.165) is 27.0 Å². The Morgan fingerprint density at radius 2 is 2.09 bits per heavy atom. The van der Waals surface area contributed by atoms with E-state index in [4.69, 9.17) is 4.74 Å². The molecule has 0 fully saturated rings. The first kappa shape index (κ1) is 14.5. The molecule has 3 aromatic rings. The van der Waals surface area contributed by atoms with E-state index >= 15 is 0 Å². The van der Waals surface area contributed by atoms with Gasteiger partial charge in [0, 0.05) is 5.69 Å². The third-order valence-electron chi connectivity index (χ3n) is 3.38. The maximum atomic E-state index is 11.8. The highest BCUT2D eigenvalue weighted by atomic mass is 32.1. The van der Waals surface area contributed by atoms with Gasteiger partial charge in [-0.15, -0.1) is 11.3 Å². The van der Waals surface area contributed by atoms with Crippen LogP contribution in [0.25, 0.3) is 10.2 Å². The van der Waals surface area contributed by atoms with Crippen LogP contribution >= 0.6 is 11.3 Å². The van der Waals surface area contributed by atoms with E-state index in [1.54, 1.807) is 0 Å². The van der Waals surface area contributed by atoms with Crippen molar-refractivity contribution in [1.82, 2.24) is 9.97 Å². The van der Waals surface area contributed by atoms with Crippen LogP contribution in [0.1, 0.15) is 20.8 Å². The van der Waals surface area contributed by atoms with Crippen molar-refractivity contribution in [2.24, 2.45) is 0 Å². The van der Waals surface area contributed by atoms with Crippen molar-refractivity contribution in [3.05, 3.63) is 46.6 Å². The van der Waals surface area contributed by atoms with Gasteiger partial charge < -0.3 is 10.1 Å². The summed E-state index contributed by atoms with van der Waals surface area (Å²) in [5.41, 5.74) is 2.94. The molecule has 0 aliphatic rings. The van der Waals surface area contributed by atoms with Crippen LogP contribution < -0.4 is 5.32 Å². The van der Waals surface area contributed by atoms with E-state index in [-0.39, 0.29) is 5.97 Å². The normalized spacial score (nSPS) is 10.7. The highest BCUT2D eigenvalue weighted by molar-refractivity contribution is 7.20. The molecule has 0 spiro atoms. The number of fused-ring (bicyclic) bond motifs is 1. The van der Waals surface area contributed by atoms with Crippen LogP contribution in [0.4, 0.5) is 11.5 Å². The lowest BCUT2D eigenvalue weighted by Gasteiger charge is -2.08. The number of hydrogen-bond donors (Lipinski definition) is 1. The molecule has 0 unspecified atom stereocenters. The van der Waals surface area contributed by atoms with Gasteiger partial charge in [-0.25, -0.2) is 14.8 Å². The number of nitrogens with one attached hydrogen (secondary N) is 1. The molecule has 112 valence electrons. The Bertz CT molecular complexity index is 858. The third kappa shape index (κ3) is 2.53. The largest absolute Gasteiger partial charge is 0.465 e. The molecule has 6 heteroatoms. The predicted molar refractivity (Wildman–Crippen MR) is 88.0 cm³/mol. The molecule has 0 amide bonds. The molecule has 0 saturated heterocycles. The number of nitrogens with zero attached hydrogens (tertiary/aromatic N) is 2. The standard InChI is InChI=1S/C16H15N3O2S/c1-9-5-4-6-11(7-9)19-14-12-10(2)13(16(20)21-3)22-15(12)18-8-17-14/h4-8H,1-3H3,(H,17,18,19). The number of anilines is 2. The van der Waals surface area contributed by atoms with Gasteiger partial charge in [-0.3, -0.25) is 0 Å². The van der Waals surface area contributed by atoms with E-state index in [1.807, 2.05) is 38.1 Å². The van der Waals surface area contributed by atoms with Crippen molar-refractivity contribution in [3.63, 3.8) is 0 Å². The first-order valence-corrected chi connectivity index (χ1v) is 7.58. The summed E-state index contributed by atoms with van der Waals surface area (Å²) in [5, 5.41) is 4.16. The zero-order chi connectivity index (χ0) is 15.7. The first-order valence-electron chi connectivity index (χ1n) is 6.76. The first-order chi connectivity index (χ1) is 10.6. The highest BCUT2D eigenvalue weighted by Crippen LogP contribution is 2.34. The van der Waals surface area contributed by atoms with Gasteiger partial charge in [0.1, 0.15) is 21.9 Å². The quantitative estimate of drug-likeness (QED) is 0.744. The summed E-state index contributed by atoms with van der Waals surface area (Å²) in [6.07, 6.45) is 1.50. The molecule has 0 aliphatic carbocycles. The third-order valence-corrected chi connectivity index (χ3v) is 4.56. The van der Waals surface area contributed by atoms with Crippen molar-refractivity contribution in [2.75, 3.05) is 12.4 Å². The molecule has 5 nitrogen and oxygen atoms in total. The molecular formula is C16H15N3O2S. The fourth-order valence-electron chi connectivity index (χ4n) is 2.31. The molecule has 0 aliphatic heterocycles. The topological polar surface area (TPSA) is 64.1 Å². The molecule has 1 aromatic carbocycles. The van der Waals surface area contributed by atoms with Gasteiger partial charge in [-0.05, 0) is 37.1 Å². The molecule has 3 rings (SSSR count). The van der Waals surface area contributed by atoms with Gasteiger partial charge in [0.25, 0.3) is 0 Å². The number of rotatable bonds is 3. The fraction of sp³-hybridized carbons (Fsp3) is 0.188. The average Bonchev–Trinajstić information content (AvgIpc) is 2.85. The zero-order valence-corrected chi connectivity index (χ0v) is 13.3.